The van der Waals surface area contributed by atoms with Crippen LogP contribution in [0, 0.1) is 0 Å². The molecular formula is C36H30Cl2N6O4. The predicted molar refractivity (Wildman–Crippen MR) is 185 cm³/mol. The van der Waals surface area contributed by atoms with E-state index in [0.29, 0.717) is 57.2 Å². The maximum atomic E-state index is 12.2. The third kappa shape index (κ3) is 6.58. The minimum absolute atomic E-state index is 0.0315. The lowest BCUT2D eigenvalue weighted by Crippen LogP contribution is -2.20. The highest BCUT2D eigenvalue weighted by Crippen LogP contribution is 2.37. The molecule has 0 N–H and O–H groups in total. The lowest BCUT2D eigenvalue weighted by Gasteiger charge is -2.26. The van der Waals surface area contributed by atoms with Crippen molar-refractivity contribution in [3.63, 3.8) is 0 Å². The molecule has 48 heavy (non-hydrogen) atoms. The summed E-state index contributed by atoms with van der Waals surface area (Å²) in [5.41, 5.74) is 4.69. The lowest BCUT2D eigenvalue weighted by atomic mass is 10.1. The van der Waals surface area contributed by atoms with Gasteiger partial charge in [-0.3, -0.25) is 14.5 Å². The molecule has 0 bridgehead atoms. The molecule has 0 aliphatic carbocycles. The Kier molecular flexibility index (Phi) is 9.65. The van der Waals surface area contributed by atoms with Crippen LogP contribution in [0.4, 0.5) is 11.5 Å². The van der Waals surface area contributed by atoms with E-state index in [-0.39, 0.29) is 12.3 Å². The molecule has 0 spiro atoms. The maximum Gasteiger partial charge on any atom is 0.337 e. The number of rotatable bonds is 11. The molecule has 3 aromatic heterocycles. The number of aromatic nitrogens is 5. The first-order valence-electron chi connectivity index (χ1n) is 15.0. The molecule has 0 aliphatic rings. The summed E-state index contributed by atoms with van der Waals surface area (Å²) in [4.78, 5) is 40.1. The van der Waals surface area contributed by atoms with Gasteiger partial charge in [0.1, 0.15) is 5.69 Å². The molecule has 0 aliphatic heterocycles. The van der Waals surface area contributed by atoms with E-state index in [0.717, 1.165) is 27.7 Å². The summed E-state index contributed by atoms with van der Waals surface area (Å²) in [6, 6.07) is 21.9. The third-order valence-corrected chi connectivity index (χ3v) is 8.58. The van der Waals surface area contributed by atoms with Gasteiger partial charge in [-0.15, -0.1) is 0 Å². The van der Waals surface area contributed by atoms with Crippen molar-refractivity contribution >= 4 is 57.4 Å². The normalized spacial score (nSPS) is 11.0. The van der Waals surface area contributed by atoms with Crippen molar-refractivity contribution in [1.29, 1.82) is 0 Å². The summed E-state index contributed by atoms with van der Waals surface area (Å²) in [5.74, 6) is 0.829. The standard InChI is InChI=1S/C36H30Cl2N6O4/c1-4-31(45)22-9-11-25(28(37)17-22)21-44-30-8-6-5-7-27(30)33(42-44)34-40-19-32(47-2)35(41-34)43(26-13-15-39-16-14-26)20-24-12-10-23(18-29(24)38)36(46)48-3/h5-19H,4,20-21H2,1-3H3. The van der Waals surface area contributed by atoms with Crippen LogP contribution in [0.5, 0.6) is 5.75 Å². The number of hydrogen-bond donors (Lipinski definition) is 0. The second-order valence-corrected chi connectivity index (χ2v) is 11.6. The molecule has 0 unspecified atom stereocenters. The molecule has 3 heterocycles. The van der Waals surface area contributed by atoms with Gasteiger partial charge < -0.3 is 14.4 Å². The quantitative estimate of drug-likeness (QED) is 0.0993. The summed E-state index contributed by atoms with van der Waals surface area (Å²) >= 11 is 13.3. The summed E-state index contributed by atoms with van der Waals surface area (Å²) in [5, 5.41) is 6.69. The van der Waals surface area contributed by atoms with Gasteiger partial charge in [0.15, 0.2) is 23.2 Å². The van der Waals surface area contributed by atoms with E-state index in [1.54, 1.807) is 56.0 Å². The van der Waals surface area contributed by atoms with Gasteiger partial charge in [0.2, 0.25) is 0 Å². The molecule has 10 nitrogen and oxygen atoms in total. The smallest absolute Gasteiger partial charge is 0.337 e. The number of halogens is 2. The van der Waals surface area contributed by atoms with E-state index in [2.05, 4.69) is 9.97 Å². The zero-order valence-electron chi connectivity index (χ0n) is 26.4. The number of benzene rings is 3. The number of hydrogen-bond acceptors (Lipinski definition) is 9. The van der Waals surface area contributed by atoms with Crippen LogP contribution in [0.15, 0.2) is 91.4 Å². The summed E-state index contributed by atoms with van der Waals surface area (Å²) in [6.45, 7) is 2.47. The molecule has 0 amide bonds. The van der Waals surface area contributed by atoms with Crippen LogP contribution in [0.25, 0.3) is 22.4 Å². The molecule has 0 atom stereocenters. The fraction of sp³-hybridized carbons (Fsp3) is 0.167. The van der Waals surface area contributed by atoms with Gasteiger partial charge in [0, 0.05) is 45.5 Å². The average Bonchev–Trinajstić information content (AvgIpc) is 3.49. The van der Waals surface area contributed by atoms with E-state index in [9.17, 15) is 9.59 Å². The SMILES string of the molecule is CCC(=O)c1ccc(Cn2nc(-c3ncc(OC)c(N(Cc4ccc(C(=O)OC)cc4Cl)c4ccncc4)n3)c3ccccc32)c(Cl)c1. The van der Waals surface area contributed by atoms with Crippen LogP contribution in [0.1, 0.15) is 45.2 Å². The van der Waals surface area contributed by atoms with E-state index < -0.39 is 5.97 Å². The van der Waals surface area contributed by atoms with Crippen LogP contribution in [0.3, 0.4) is 0 Å². The van der Waals surface area contributed by atoms with Crippen molar-refractivity contribution in [2.75, 3.05) is 19.1 Å². The number of para-hydroxylation sites is 1. The van der Waals surface area contributed by atoms with E-state index in [4.69, 9.17) is 42.8 Å². The molecular weight excluding hydrogens is 651 g/mol. The topological polar surface area (TPSA) is 112 Å². The van der Waals surface area contributed by atoms with Crippen LogP contribution >= 0.6 is 23.2 Å². The van der Waals surface area contributed by atoms with Gasteiger partial charge in [-0.1, -0.05) is 66.5 Å². The Balaban J connectivity index is 1.43. The first-order chi connectivity index (χ1) is 23.3. The van der Waals surface area contributed by atoms with E-state index >= 15 is 0 Å². The summed E-state index contributed by atoms with van der Waals surface area (Å²) < 4.78 is 12.5. The Bertz CT molecular complexity index is 2140. The Morgan fingerprint density at radius 3 is 2.31 bits per heavy atom. The van der Waals surface area contributed by atoms with Crippen molar-refractivity contribution < 1.29 is 19.1 Å². The number of ether oxygens (including phenoxy) is 2. The van der Waals surface area contributed by atoms with Gasteiger partial charge in [-0.25, -0.2) is 14.8 Å². The number of esters is 1. The molecule has 6 rings (SSSR count). The monoisotopic (exact) mass is 680 g/mol. The zero-order chi connectivity index (χ0) is 33.8. The third-order valence-electron chi connectivity index (χ3n) is 7.87. The Morgan fingerprint density at radius 1 is 0.896 bits per heavy atom. The van der Waals surface area contributed by atoms with E-state index in [1.807, 2.05) is 59.0 Å². The first-order valence-corrected chi connectivity index (χ1v) is 15.8. The van der Waals surface area contributed by atoms with Crippen molar-refractivity contribution in [2.24, 2.45) is 0 Å². The number of anilines is 2. The average molecular weight is 682 g/mol. The highest BCUT2D eigenvalue weighted by atomic mass is 35.5. The van der Waals surface area contributed by atoms with Crippen molar-refractivity contribution in [1.82, 2.24) is 24.7 Å². The van der Waals surface area contributed by atoms with Gasteiger partial charge in [0.25, 0.3) is 0 Å². The zero-order valence-corrected chi connectivity index (χ0v) is 27.9. The number of Topliss-reactive ketones (excluding diaryl/α,β-unsaturated/α-hetero) is 1. The molecule has 3 aromatic carbocycles. The van der Waals surface area contributed by atoms with Crippen molar-refractivity contribution in [3.05, 3.63) is 124 Å². The molecule has 242 valence electrons. The number of pyridine rings is 1. The highest BCUT2D eigenvalue weighted by Gasteiger charge is 2.23. The van der Waals surface area contributed by atoms with Crippen LogP contribution in [0.2, 0.25) is 10.0 Å². The van der Waals surface area contributed by atoms with Gasteiger partial charge in [-0.05, 0) is 47.5 Å². The van der Waals surface area contributed by atoms with Crippen LogP contribution in [-0.4, -0.2) is 50.7 Å². The number of carbonyl (C=O) groups is 2. The number of ketones is 1. The van der Waals surface area contributed by atoms with Gasteiger partial charge >= 0.3 is 5.97 Å². The minimum atomic E-state index is -0.478. The number of carbonyl (C=O) groups excluding carboxylic acids is 2. The number of fused-ring (bicyclic) bond motifs is 1. The van der Waals surface area contributed by atoms with Crippen molar-refractivity contribution in [2.45, 2.75) is 26.4 Å². The molecule has 0 fully saturated rings. The second kappa shape index (κ2) is 14.2. The Labute approximate surface area is 286 Å². The van der Waals surface area contributed by atoms with E-state index in [1.165, 1.54) is 7.11 Å². The van der Waals surface area contributed by atoms with Crippen LogP contribution < -0.4 is 9.64 Å². The molecule has 0 saturated heterocycles. The maximum absolute atomic E-state index is 12.2. The molecule has 0 radical (unpaired) electrons. The first kappa shape index (κ1) is 32.6. The minimum Gasteiger partial charge on any atom is -0.491 e. The second-order valence-electron chi connectivity index (χ2n) is 10.8. The largest absolute Gasteiger partial charge is 0.491 e. The number of nitrogens with zero attached hydrogens (tertiary/aromatic N) is 6. The Morgan fingerprint density at radius 2 is 1.60 bits per heavy atom. The molecule has 0 saturated carbocycles. The predicted octanol–water partition coefficient (Wildman–Crippen LogP) is 7.97. The lowest BCUT2D eigenvalue weighted by molar-refractivity contribution is 0.0600. The highest BCUT2D eigenvalue weighted by molar-refractivity contribution is 6.32. The number of methoxy groups -OCH3 is 2. The van der Waals surface area contributed by atoms with Crippen molar-refractivity contribution in [3.8, 4) is 17.3 Å². The van der Waals surface area contributed by atoms with Gasteiger partial charge in [-0.2, -0.15) is 5.10 Å². The van der Waals surface area contributed by atoms with Gasteiger partial charge in [0.05, 0.1) is 44.6 Å². The van der Waals surface area contributed by atoms with Crippen LogP contribution in [-0.2, 0) is 17.8 Å². The molecule has 6 aromatic rings. The summed E-state index contributed by atoms with van der Waals surface area (Å²) in [6.07, 6.45) is 5.38. The Hall–Kier alpha value is -5.32. The summed E-state index contributed by atoms with van der Waals surface area (Å²) in [7, 11) is 2.88. The fourth-order valence-electron chi connectivity index (χ4n) is 5.34. The molecule has 12 heteroatoms. The fourth-order valence-corrected chi connectivity index (χ4v) is 5.82.